The van der Waals surface area contributed by atoms with Gasteiger partial charge in [0.1, 0.15) is 0 Å². The number of thioether (sulfide) groups is 1. The van der Waals surface area contributed by atoms with Crippen molar-refractivity contribution in [3.8, 4) is 6.07 Å². The molecule has 0 spiro atoms. The van der Waals surface area contributed by atoms with Crippen LogP contribution in [0.5, 0.6) is 0 Å². The fourth-order valence-electron chi connectivity index (χ4n) is 3.13. The minimum Gasteiger partial charge on any atom is -0.376 e. The lowest BCUT2D eigenvalue weighted by Crippen LogP contribution is -2.34. The number of halogens is 1. The van der Waals surface area contributed by atoms with Crippen LogP contribution in [0.3, 0.4) is 0 Å². The largest absolute Gasteiger partial charge is 0.376 e. The zero-order valence-corrected chi connectivity index (χ0v) is 16.2. The van der Waals surface area contributed by atoms with E-state index in [0.29, 0.717) is 22.2 Å². The Labute approximate surface area is 167 Å². The Balaban J connectivity index is 1.65. The van der Waals surface area contributed by atoms with Crippen molar-refractivity contribution in [3.05, 3.63) is 45.5 Å². The molecule has 2 amide bonds. The standard InChI is InChI=1S/C19H20ClN3O3S/c20-13-5-3-12(4-6-13)15-8-17(24)23-19(16(15)9-21)27-11-18(25)22-10-14-2-1-7-26-14/h3-6,14-15H,1-2,7-8,10-11H2,(H,22,25)(H,23,24)/t14-,15+/m1/s1. The Morgan fingerprint density at radius 2 is 2.19 bits per heavy atom. The molecule has 0 bridgehead atoms. The maximum atomic E-state index is 12.1. The van der Waals surface area contributed by atoms with E-state index < -0.39 is 0 Å². The fourth-order valence-corrected chi connectivity index (χ4v) is 4.17. The monoisotopic (exact) mass is 405 g/mol. The van der Waals surface area contributed by atoms with Gasteiger partial charge in [0.05, 0.1) is 28.5 Å². The molecule has 1 fully saturated rings. The highest BCUT2D eigenvalue weighted by Crippen LogP contribution is 2.36. The van der Waals surface area contributed by atoms with Crippen molar-refractivity contribution in [2.24, 2.45) is 0 Å². The summed E-state index contributed by atoms with van der Waals surface area (Å²) in [6.45, 7) is 1.23. The molecule has 142 valence electrons. The summed E-state index contributed by atoms with van der Waals surface area (Å²) >= 11 is 7.10. The number of ether oxygens (including phenoxy) is 1. The molecule has 0 unspecified atom stereocenters. The van der Waals surface area contributed by atoms with Gasteiger partial charge >= 0.3 is 0 Å². The Morgan fingerprint density at radius 3 is 2.85 bits per heavy atom. The molecule has 2 aliphatic heterocycles. The highest BCUT2D eigenvalue weighted by atomic mass is 35.5. The molecule has 0 aliphatic carbocycles. The van der Waals surface area contributed by atoms with Gasteiger partial charge in [-0.15, -0.1) is 0 Å². The number of benzene rings is 1. The second kappa shape index (κ2) is 9.27. The van der Waals surface area contributed by atoms with Crippen LogP contribution in [0.4, 0.5) is 0 Å². The van der Waals surface area contributed by atoms with Gasteiger partial charge in [0.2, 0.25) is 11.8 Å². The lowest BCUT2D eigenvalue weighted by Gasteiger charge is -2.25. The van der Waals surface area contributed by atoms with Crippen molar-refractivity contribution >= 4 is 35.2 Å². The molecule has 2 atom stereocenters. The van der Waals surface area contributed by atoms with Crippen LogP contribution in [0.1, 0.15) is 30.7 Å². The van der Waals surface area contributed by atoms with E-state index in [9.17, 15) is 14.9 Å². The number of amides is 2. The predicted octanol–water partition coefficient (Wildman–Crippen LogP) is 2.71. The smallest absolute Gasteiger partial charge is 0.230 e. The molecule has 27 heavy (non-hydrogen) atoms. The Kier molecular flexibility index (Phi) is 6.78. The van der Waals surface area contributed by atoms with Crippen LogP contribution in [-0.4, -0.2) is 36.8 Å². The third kappa shape index (κ3) is 5.25. The summed E-state index contributed by atoms with van der Waals surface area (Å²) < 4.78 is 5.48. The number of hydrogen-bond donors (Lipinski definition) is 2. The third-order valence-corrected chi connectivity index (χ3v) is 5.80. The molecule has 1 aromatic rings. The second-order valence-corrected chi connectivity index (χ2v) is 7.86. The number of hydrogen-bond acceptors (Lipinski definition) is 5. The molecule has 2 N–H and O–H groups in total. The molecule has 3 rings (SSSR count). The molecular formula is C19H20ClN3O3S. The van der Waals surface area contributed by atoms with E-state index in [1.165, 1.54) is 11.8 Å². The minimum absolute atomic E-state index is 0.0801. The van der Waals surface area contributed by atoms with Crippen LogP contribution in [0.2, 0.25) is 5.02 Å². The molecular weight excluding hydrogens is 386 g/mol. The quantitative estimate of drug-likeness (QED) is 0.759. The predicted molar refractivity (Wildman–Crippen MR) is 104 cm³/mol. The number of nitrogens with one attached hydrogen (secondary N) is 2. The molecule has 2 aliphatic rings. The molecule has 1 aromatic carbocycles. The average molecular weight is 406 g/mol. The first-order chi connectivity index (χ1) is 13.1. The summed E-state index contributed by atoms with van der Waals surface area (Å²) in [5.74, 6) is -0.529. The van der Waals surface area contributed by atoms with Gasteiger partial charge in [0, 0.05) is 30.5 Å². The summed E-state index contributed by atoms with van der Waals surface area (Å²) in [7, 11) is 0. The average Bonchev–Trinajstić information content (AvgIpc) is 3.18. The second-order valence-electron chi connectivity index (χ2n) is 6.44. The SMILES string of the molecule is N#CC1=C(SCC(=O)NC[C@H]2CCCO2)NC(=O)C[C@H]1c1ccc(Cl)cc1. The van der Waals surface area contributed by atoms with Crippen LogP contribution in [-0.2, 0) is 14.3 Å². The molecule has 0 radical (unpaired) electrons. The molecule has 1 saturated heterocycles. The zero-order valence-electron chi connectivity index (χ0n) is 14.7. The van der Waals surface area contributed by atoms with E-state index in [0.717, 1.165) is 25.0 Å². The first-order valence-electron chi connectivity index (χ1n) is 8.77. The third-order valence-electron chi connectivity index (χ3n) is 4.53. The van der Waals surface area contributed by atoms with Crippen molar-refractivity contribution in [2.75, 3.05) is 18.9 Å². The summed E-state index contributed by atoms with van der Waals surface area (Å²) in [5.41, 5.74) is 1.32. The maximum absolute atomic E-state index is 12.1. The highest BCUT2D eigenvalue weighted by Gasteiger charge is 2.30. The molecule has 6 nitrogen and oxygen atoms in total. The van der Waals surface area contributed by atoms with E-state index in [-0.39, 0.29) is 36.0 Å². The molecule has 0 aromatic heterocycles. The number of nitrogens with zero attached hydrogens (tertiary/aromatic N) is 1. The highest BCUT2D eigenvalue weighted by molar-refractivity contribution is 8.03. The van der Waals surface area contributed by atoms with Crippen LogP contribution < -0.4 is 10.6 Å². The van der Waals surface area contributed by atoms with Gasteiger partial charge in [0.15, 0.2) is 0 Å². The fraction of sp³-hybridized carbons (Fsp3) is 0.421. The molecule has 8 heteroatoms. The van der Waals surface area contributed by atoms with Gasteiger partial charge in [-0.25, -0.2) is 0 Å². The summed E-state index contributed by atoms with van der Waals surface area (Å²) in [4.78, 5) is 24.2. The van der Waals surface area contributed by atoms with E-state index in [2.05, 4.69) is 16.7 Å². The summed E-state index contributed by atoms with van der Waals surface area (Å²) in [6, 6.07) is 9.32. The van der Waals surface area contributed by atoms with E-state index >= 15 is 0 Å². The first-order valence-corrected chi connectivity index (χ1v) is 10.1. The minimum atomic E-state index is -0.335. The summed E-state index contributed by atoms with van der Waals surface area (Å²) in [6.07, 6.45) is 2.25. The van der Waals surface area contributed by atoms with Gasteiger partial charge in [0.25, 0.3) is 0 Å². The number of carbonyl (C=O) groups is 2. The van der Waals surface area contributed by atoms with Crippen molar-refractivity contribution in [1.82, 2.24) is 10.6 Å². The van der Waals surface area contributed by atoms with Crippen molar-refractivity contribution in [1.29, 1.82) is 5.26 Å². The number of rotatable bonds is 6. The maximum Gasteiger partial charge on any atom is 0.230 e. The van der Waals surface area contributed by atoms with Gasteiger partial charge in [-0.3, -0.25) is 9.59 Å². The number of allylic oxidation sites excluding steroid dienone is 1. The van der Waals surface area contributed by atoms with Crippen LogP contribution in [0.15, 0.2) is 34.9 Å². The Morgan fingerprint density at radius 1 is 1.41 bits per heavy atom. The van der Waals surface area contributed by atoms with E-state index in [1.54, 1.807) is 12.1 Å². The van der Waals surface area contributed by atoms with Crippen molar-refractivity contribution in [3.63, 3.8) is 0 Å². The zero-order chi connectivity index (χ0) is 19.2. The van der Waals surface area contributed by atoms with Crippen molar-refractivity contribution in [2.45, 2.75) is 31.3 Å². The van der Waals surface area contributed by atoms with Crippen LogP contribution in [0, 0.1) is 11.3 Å². The van der Waals surface area contributed by atoms with E-state index in [1.807, 2.05) is 12.1 Å². The number of nitriles is 1. The van der Waals surface area contributed by atoms with E-state index in [4.69, 9.17) is 16.3 Å². The topological polar surface area (TPSA) is 91.2 Å². The van der Waals surface area contributed by atoms with Crippen LogP contribution >= 0.6 is 23.4 Å². The molecule has 0 saturated carbocycles. The lowest BCUT2D eigenvalue weighted by atomic mass is 9.87. The summed E-state index contributed by atoms with van der Waals surface area (Å²) in [5, 5.41) is 16.2. The van der Waals surface area contributed by atoms with Gasteiger partial charge in [-0.1, -0.05) is 35.5 Å². The normalized spacial score (nSPS) is 22.3. The van der Waals surface area contributed by atoms with Gasteiger partial charge in [-0.05, 0) is 30.5 Å². The van der Waals surface area contributed by atoms with Crippen molar-refractivity contribution < 1.29 is 14.3 Å². The first kappa shape index (κ1) is 19.7. The Hall–Kier alpha value is -2.01. The van der Waals surface area contributed by atoms with Gasteiger partial charge in [-0.2, -0.15) is 5.26 Å². The van der Waals surface area contributed by atoms with Crippen LogP contribution in [0.25, 0.3) is 0 Å². The Bertz CT molecular complexity index is 782. The number of carbonyl (C=O) groups excluding carboxylic acids is 2. The van der Waals surface area contributed by atoms with Gasteiger partial charge < -0.3 is 15.4 Å². The lowest BCUT2D eigenvalue weighted by molar-refractivity contribution is -0.121. The molecule has 2 heterocycles.